The van der Waals surface area contributed by atoms with Gasteiger partial charge in [0.1, 0.15) is 12.6 Å². The van der Waals surface area contributed by atoms with Crippen LogP contribution in [0.15, 0.2) is 54.6 Å². The van der Waals surface area contributed by atoms with Gasteiger partial charge < -0.3 is 15.8 Å². The van der Waals surface area contributed by atoms with Gasteiger partial charge >= 0.3 is 6.18 Å². The van der Waals surface area contributed by atoms with E-state index in [1.807, 2.05) is 30.3 Å². The van der Waals surface area contributed by atoms with E-state index in [1.165, 1.54) is 18.2 Å². The van der Waals surface area contributed by atoms with Crippen LogP contribution >= 0.6 is 0 Å². The quantitative estimate of drug-likeness (QED) is 0.738. The van der Waals surface area contributed by atoms with Gasteiger partial charge in [-0.2, -0.15) is 13.2 Å². The minimum Gasteiger partial charge on any atom is -0.368 e. The molecular weight excluding hydrogens is 361 g/mol. The predicted octanol–water partition coefficient (Wildman–Crippen LogP) is 2.43. The second-order valence-corrected chi connectivity index (χ2v) is 5.86. The highest BCUT2D eigenvalue weighted by atomic mass is 19.4. The summed E-state index contributed by atoms with van der Waals surface area (Å²) in [5.74, 6) is -1.57. The van der Waals surface area contributed by atoms with E-state index in [1.54, 1.807) is 0 Å². The van der Waals surface area contributed by atoms with Gasteiger partial charge in [0.05, 0.1) is 12.2 Å². The lowest BCUT2D eigenvalue weighted by atomic mass is 9.99. The molecule has 0 radical (unpaired) electrons. The summed E-state index contributed by atoms with van der Waals surface area (Å²) in [5, 5.41) is 2.32. The zero-order chi connectivity index (χ0) is 19.9. The first kappa shape index (κ1) is 20.4. The van der Waals surface area contributed by atoms with Crippen molar-refractivity contribution in [2.75, 3.05) is 6.61 Å². The molecule has 0 fully saturated rings. The third-order valence-electron chi connectivity index (χ3n) is 3.77. The van der Waals surface area contributed by atoms with Gasteiger partial charge in [-0.05, 0) is 17.2 Å². The molecule has 27 heavy (non-hydrogen) atoms. The molecule has 5 nitrogen and oxygen atoms in total. The fraction of sp³-hybridized carbons (Fsp3) is 0.263. The molecule has 0 heterocycles. The van der Waals surface area contributed by atoms with Gasteiger partial charge in [0.25, 0.3) is 0 Å². The lowest BCUT2D eigenvalue weighted by Crippen LogP contribution is -2.47. The first-order chi connectivity index (χ1) is 12.8. The first-order valence-electron chi connectivity index (χ1n) is 8.13. The predicted molar refractivity (Wildman–Crippen MR) is 92.4 cm³/mol. The average molecular weight is 380 g/mol. The number of alkyl halides is 3. The third-order valence-corrected chi connectivity index (χ3v) is 3.77. The lowest BCUT2D eigenvalue weighted by Gasteiger charge is -2.18. The first-order valence-corrected chi connectivity index (χ1v) is 8.13. The molecule has 8 heteroatoms. The highest BCUT2D eigenvalue weighted by Crippen LogP contribution is 2.32. The van der Waals surface area contributed by atoms with Crippen LogP contribution in [0.2, 0.25) is 0 Å². The Kier molecular flexibility index (Phi) is 6.95. The maximum atomic E-state index is 13.1. The van der Waals surface area contributed by atoms with Crippen LogP contribution in [-0.2, 0) is 33.5 Å². The molecule has 2 aromatic carbocycles. The maximum absolute atomic E-state index is 13.1. The Morgan fingerprint density at radius 3 is 2.30 bits per heavy atom. The molecule has 0 saturated heterocycles. The highest BCUT2D eigenvalue weighted by molar-refractivity contribution is 5.87. The fourth-order valence-corrected chi connectivity index (χ4v) is 2.49. The zero-order valence-electron chi connectivity index (χ0n) is 14.3. The summed E-state index contributed by atoms with van der Waals surface area (Å²) in [6, 6.07) is 12.7. The number of nitrogens with one attached hydrogen (secondary N) is 1. The van der Waals surface area contributed by atoms with E-state index in [-0.39, 0.29) is 25.2 Å². The van der Waals surface area contributed by atoms with Gasteiger partial charge in [-0.3, -0.25) is 9.59 Å². The molecule has 0 aromatic heterocycles. The van der Waals surface area contributed by atoms with Crippen molar-refractivity contribution in [1.82, 2.24) is 5.32 Å². The largest absolute Gasteiger partial charge is 0.416 e. The third kappa shape index (κ3) is 6.41. The van der Waals surface area contributed by atoms with Crippen LogP contribution in [0.3, 0.4) is 0 Å². The topological polar surface area (TPSA) is 81.4 Å². The Balaban J connectivity index is 1.96. The van der Waals surface area contributed by atoms with Crippen molar-refractivity contribution in [3.63, 3.8) is 0 Å². The van der Waals surface area contributed by atoms with Crippen molar-refractivity contribution in [2.45, 2.75) is 25.2 Å². The molecule has 0 aliphatic heterocycles. The SMILES string of the molecule is NC(=O)[C@@H](Cc1ccccc1C(F)(F)F)NC(=O)COCc1ccccc1. The molecule has 2 amide bonds. The molecule has 0 spiro atoms. The van der Waals surface area contributed by atoms with Gasteiger partial charge in [0.15, 0.2) is 0 Å². The van der Waals surface area contributed by atoms with E-state index in [0.29, 0.717) is 0 Å². The minimum absolute atomic E-state index is 0.126. The number of amides is 2. The molecule has 144 valence electrons. The monoisotopic (exact) mass is 380 g/mol. The number of ether oxygens (including phenoxy) is 1. The second kappa shape index (κ2) is 9.18. The van der Waals surface area contributed by atoms with E-state index in [4.69, 9.17) is 10.5 Å². The number of rotatable bonds is 8. The number of benzene rings is 2. The standard InChI is InChI=1S/C19H19F3N2O3/c20-19(21,22)15-9-5-4-8-14(15)10-16(18(23)26)24-17(25)12-27-11-13-6-2-1-3-7-13/h1-9,16H,10-12H2,(H2,23,26)(H,24,25)/t16-/m1/s1. The Hall–Kier alpha value is -2.87. The van der Waals surface area contributed by atoms with Crippen molar-refractivity contribution < 1.29 is 27.5 Å². The number of carbonyl (C=O) groups excluding carboxylic acids is 2. The van der Waals surface area contributed by atoms with E-state index in [0.717, 1.165) is 11.6 Å². The van der Waals surface area contributed by atoms with Crippen LogP contribution in [0.1, 0.15) is 16.7 Å². The highest BCUT2D eigenvalue weighted by Gasteiger charge is 2.34. The van der Waals surface area contributed by atoms with Crippen molar-refractivity contribution in [1.29, 1.82) is 0 Å². The number of hydrogen-bond acceptors (Lipinski definition) is 3. The van der Waals surface area contributed by atoms with Gasteiger partial charge in [-0.1, -0.05) is 48.5 Å². The van der Waals surface area contributed by atoms with Crippen LogP contribution in [-0.4, -0.2) is 24.5 Å². The summed E-state index contributed by atoms with van der Waals surface area (Å²) >= 11 is 0. The second-order valence-electron chi connectivity index (χ2n) is 5.86. The molecule has 0 saturated carbocycles. The van der Waals surface area contributed by atoms with Gasteiger partial charge in [0, 0.05) is 6.42 Å². The summed E-state index contributed by atoms with van der Waals surface area (Å²) in [5.41, 5.74) is 5.10. The molecule has 0 bridgehead atoms. The summed E-state index contributed by atoms with van der Waals surface area (Å²) in [7, 11) is 0. The summed E-state index contributed by atoms with van der Waals surface area (Å²) < 4.78 is 44.4. The molecule has 0 aliphatic carbocycles. The van der Waals surface area contributed by atoms with Crippen molar-refractivity contribution in [2.24, 2.45) is 5.73 Å². The Labute approximate surface area is 154 Å². The van der Waals surface area contributed by atoms with E-state index >= 15 is 0 Å². The Morgan fingerprint density at radius 2 is 1.67 bits per heavy atom. The number of hydrogen-bond donors (Lipinski definition) is 2. The summed E-state index contributed by atoms with van der Waals surface area (Å²) in [6.07, 6.45) is -4.93. The van der Waals surface area contributed by atoms with Crippen LogP contribution in [0.25, 0.3) is 0 Å². The fourth-order valence-electron chi connectivity index (χ4n) is 2.49. The van der Waals surface area contributed by atoms with Crippen LogP contribution in [0.5, 0.6) is 0 Å². The van der Waals surface area contributed by atoms with Crippen LogP contribution in [0, 0.1) is 0 Å². The minimum atomic E-state index is -4.57. The molecule has 2 rings (SSSR count). The van der Waals surface area contributed by atoms with Crippen LogP contribution in [0.4, 0.5) is 13.2 Å². The van der Waals surface area contributed by atoms with Crippen LogP contribution < -0.4 is 11.1 Å². The smallest absolute Gasteiger partial charge is 0.368 e. The summed E-state index contributed by atoms with van der Waals surface area (Å²) in [4.78, 5) is 23.5. The Morgan fingerprint density at radius 1 is 1.04 bits per heavy atom. The summed E-state index contributed by atoms with van der Waals surface area (Å²) in [6.45, 7) is -0.161. The lowest BCUT2D eigenvalue weighted by molar-refractivity contribution is -0.138. The van der Waals surface area contributed by atoms with Gasteiger partial charge in [-0.15, -0.1) is 0 Å². The molecule has 3 N–H and O–H groups in total. The maximum Gasteiger partial charge on any atom is 0.416 e. The van der Waals surface area contributed by atoms with E-state index in [9.17, 15) is 22.8 Å². The van der Waals surface area contributed by atoms with E-state index in [2.05, 4.69) is 5.32 Å². The molecule has 0 aliphatic rings. The zero-order valence-corrected chi connectivity index (χ0v) is 14.3. The number of nitrogens with two attached hydrogens (primary N) is 1. The molecule has 0 unspecified atom stereocenters. The molecule has 2 aromatic rings. The molecule has 1 atom stereocenters. The van der Waals surface area contributed by atoms with Gasteiger partial charge in [0.2, 0.25) is 11.8 Å². The van der Waals surface area contributed by atoms with E-state index < -0.39 is 29.6 Å². The molecular formula is C19H19F3N2O3. The van der Waals surface area contributed by atoms with Crippen molar-refractivity contribution in [3.8, 4) is 0 Å². The van der Waals surface area contributed by atoms with Crippen molar-refractivity contribution in [3.05, 3.63) is 71.3 Å². The number of halogens is 3. The Bertz CT molecular complexity index is 779. The number of primary amides is 1. The van der Waals surface area contributed by atoms with Gasteiger partial charge in [-0.25, -0.2) is 0 Å². The normalized spacial score (nSPS) is 12.4. The van der Waals surface area contributed by atoms with Crippen molar-refractivity contribution >= 4 is 11.8 Å². The number of carbonyl (C=O) groups is 2. The average Bonchev–Trinajstić information content (AvgIpc) is 2.61.